The molecule has 0 aliphatic carbocycles. The van der Waals surface area contributed by atoms with E-state index in [4.69, 9.17) is 5.73 Å². The zero-order valence-electron chi connectivity index (χ0n) is 11.9. The maximum atomic E-state index is 11.6. The zero-order valence-corrected chi connectivity index (χ0v) is 12.7. The predicted molar refractivity (Wildman–Crippen MR) is 83.8 cm³/mol. The van der Waals surface area contributed by atoms with Crippen molar-refractivity contribution in [1.82, 2.24) is 10.2 Å². The molecule has 5 heteroatoms. The third-order valence-electron chi connectivity index (χ3n) is 3.51. The van der Waals surface area contributed by atoms with Crippen molar-refractivity contribution < 1.29 is 4.79 Å². The molecule has 1 aromatic carbocycles. The van der Waals surface area contributed by atoms with E-state index >= 15 is 0 Å². The van der Waals surface area contributed by atoms with Crippen molar-refractivity contribution >= 4 is 18.3 Å². The smallest absolute Gasteiger partial charge is 0.236 e. The monoisotopic (exact) mass is 297 g/mol. The molecule has 1 heterocycles. The van der Waals surface area contributed by atoms with Gasteiger partial charge in [0.25, 0.3) is 0 Å². The summed E-state index contributed by atoms with van der Waals surface area (Å²) in [5.74, 6) is -0.0495. The molecule has 0 bridgehead atoms. The van der Waals surface area contributed by atoms with Gasteiger partial charge in [-0.15, -0.1) is 12.4 Å². The van der Waals surface area contributed by atoms with Crippen molar-refractivity contribution in [3.8, 4) is 0 Å². The lowest BCUT2D eigenvalue weighted by atomic mass is 10.0. The van der Waals surface area contributed by atoms with Crippen LogP contribution >= 0.6 is 12.4 Å². The second-order valence-electron chi connectivity index (χ2n) is 5.36. The summed E-state index contributed by atoms with van der Waals surface area (Å²) in [6, 6.07) is 10.3. The van der Waals surface area contributed by atoms with Crippen LogP contribution in [-0.4, -0.2) is 36.0 Å². The molecule has 1 aliphatic rings. The molecule has 1 aliphatic heterocycles. The minimum absolute atomic E-state index is 0. The second kappa shape index (κ2) is 8.25. The van der Waals surface area contributed by atoms with Crippen molar-refractivity contribution in [2.24, 2.45) is 5.73 Å². The molecule has 1 unspecified atom stereocenters. The predicted octanol–water partition coefficient (Wildman–Crippen LogP) is 1.54. The molecular formula is C15H24ClN3O. The van der Waals surface area contributed by atoms with Gasteiger partial charge in [-0.1, -0.05) is 30.3 Å². The minimum Gasteiger partial charge on any atom is -0.351 e. The largest absolute Gasteiger partial charge is 0.351 e. The van der Waals surface area contributed by atoms with Crippen LogP contribution in [0.2, 0.25) is 0 Å². The van der Waals surface area contributed by atoms with E-state index in [2.05, 4.69) is 34.5 Å². The van der Waals surface area contributed by atoms with Crippen LogP contribution in [0.15, 0.2) is 30.3 Å². The average Bonchev–Trinajstić information content (AvgIpc) is 2.40. The Balaban J connectivity index is 0.00000200. The number of piperidine rings is 1. The molecule has 0 saturated carbocycles. The van der Waals surface area contributed by atoms with Crippen LogP contribution in [0.4, 0.5) is 0 Å². The fraction of sp³-hybridized carbons (Fsp3) is 0.533. The number of nitrogens with zero attached hydrogens (tertiary/aromatic N) is 1. The lowest BCUT2D eigenvalue weighted by Gasteiger charge is -2.33. The van der Waals surface area contributed by atoms with Crippen LogP contribution in [-0.2, 0) is 11.3 Å². The summed E-state index contributed by atoms with van der Waals surface area (Å²) in [5.41, 5.74) is 6.91. The SMILES string of the molecule is C[C@@H](N)C(=O)NC1CCCN(Cc2ccccc2)C1.Cl. The Morgan fingerprint density at radius 1 is 1.45 bits per heavy atom. The molecule has 3 N–H and O–H groups in total. The van der Waals surface area contributed by atoms with Gasteiger partial charge in [-0.25, -0.2) is 0 Å². The number of nitrogens with one attached hydrogen (secondary N) is 1. The average molecular weight is 298 g/mol. The first kappa shape index (κ1) is 17.0. The molecule has 0 radical (unpaired) electrons. The maximum Gasteiger partial charge on any atom is 0.236 e. The Kier molecular flexibility index (Phi) is 6.99. The summed E-state index contributed by atoms with van der Waals surface area (Å²) in [5, 5.41) is 3.03. The van der Waals surface area contributed by atoms with Crippen LogP contribution < -0.4 is 11.1 Å². The van der Waals surface area contributed by atoms with Crippen LogP contribution in [0, 0.1) is 0 Å². The molecule has 0 spiro atoms. The van der Waals surface area contributed by atoms with Gasteiger partial charge in [0.2, 0.25) is 5.91 Å². The van der Waals surface area contributed by atoms with E-state index in [0.717, 1.165) is 32.5 Å². The lowest BCUT2D eigenvalue weighted by molar-refractivity contribution is -0.123. The van der Waals surface area contributed by atoms with Gasteiger partial charge in [-0.2, -0.15) is 0 Å². The van der Waals surface area contributed by atoms with E-state index in [-0.39, 0.29) is 24.4 Å². The van der Waals surface area contributed by atoms with E-state index in [1.807, 2.05) is 6.07 Å². The van der Waals surface area contributed by atoms with Crippen molar-refractivity contribution in [1.29, 1.82) is 0 Å². The number of halogens is 1. The topological polar surface area (TPSA) is 58.4 Å². The molecule has 1 amide bonds. The summed E-state index contributed by atoms with van der Waals surface area (Å²) in [4.78, 5) is 14.0. The third-order valence-corrected chi connectivity index (χ3v) is 3.51. The molecule has 1 aromatic rings. The summed E-state index contributed by atoms with van der Waals surface area (Å²) in [7, 11) is 0. The van der Waals surface area contributed by atoms with Gasteiger partial charge in [0.05, 0.1) is 6.04 Å². The Bertz CT molecular complexity index is 411. The van der Waals surface area contributed by atoms with Crippen molar-refractivity contribution in [3.05, 3.63) is 35.9 Å². The fourth-order valence-corrected chi connectivity index (χ4v) is 2.49. The number of carbonyl (C=O) groups excluding carboxylic acids is 1. The summed E-state index contributed by atoms with van der Waals surface area (Å²) in [6.07, 6.45) is 2.17. The number of carbonyl (C=O) groups is 1. The second-order valence-corrected chi connectivity index (χ2v) is 5.36. The first-order valence-corrected chi connectivity index (χ1v) is 6.97. The Labute approximate surface area is 127 Å². The van der Waals surface area contributed by atoms with Crippen molar-refractivity contribution in [2.75, 3.05) is 13.1 Å². The minimum atomic E-state index is -0.426. The Hall–Kier alpha value is -1.10. The quantitative estimate of drug-likeness (QED) is 0.886. The molecule has 1 saturated heterocycles. The molecule has 20 heavy (non-hydrogen) atoms. The molecule has 2 atom stereocenters. The van der Waals surface area contributed by atoms with E-state index in [1.54, 1.807) is 6.92 Å². The van der Waals surface area contributed by atoms with E-state index < -0.39 is 6.04 Å². The van der Waals surface area contributed by atoms with Crippen LogP contribution in [0.5, 0.6) is 0 Å². The van der Waals surface area contributed by atoms with Gasteiger partial charge in [0.1, 0.15) is 0 Å². The molecule has 1 fully saturated rings. The molecule has 4 nitrogen and oxygen atoms in total. The Morgan fingerprint density at radius 2 is 2.15 bits per heavy atom. The first-order valence-electron chi connectivity index (χ1n) is 6.97. The standard InChI is InChI=1S/C15H23N3O.ClH/c1-12(16)15(19)17-14-8-5-9-18(11-14)10-13-6-3-2-4-7-13;/h2-4,6-7,12,14H,5,8-11,16H2,1H3,(H,17,19);1H/t12-,14?;/m1./s1. The lowest BCUT2D eigenvalue weighted by Crippen LogP contribution is -2.51. The third kappa shape index (κ3) is 5.12. The number of likely N-dealkylation sites (tertiary alicyclic amines) is 1. The fourth-order valence-electron chi connectivity index (χ4n) is 2.49. The first-order chi connectivity index (χ1) is 9.15. The highest BCUT2D eigenvalue weighted by molar-refractivity contribution is 5.85. The number of nitrogens with two attached hydrogens (primary N) is 1. The number of amides is 1. The number of rotatable bonds is 4. The number of benzene rings is 1. The summed E-state index contributed by atoms with van der Waals surface area (Å²) in [6.45, 7) is 4.68. The summed E-state index contributed by atoms with van der Waals surface area (Å²) < 4.78 is 0. The zero-order chi connectivity index (χ0) is 13.7. The van der Waals surface area contributed by atoms with E-state index in [1.165, 1.54) is 5.56 Å². The number of hydrogen-bond acceptors (Lipinski definition) is 3. The van der Waals surface area contributed by atoms with E-state index in [0.29, 0.717) is 0 Å². The van der Waals surface area contributed by atoms with Gasteiger partial charge in [0.15, 0.2) is 0 Å². The molecule has 112 valence electrons. The van der Waals surface area contributed by atoms with Crippen molar-refractivity contribution in [3.63, 3.8) is 0 Å². The van der Waals surface area contributed by atoms with Gasteiger partial charge in [-0.05, 0) is 31.9 Å². The van der Waals surface area contributed by atoms with Crippen LogP contribution in [0.3, 0.4) is 0 Å². The van der Waals surface area contributed by atoms with Gasteiger partial charge in [0, 0.05) is 19.1 Å². The number of hydrogen-bond donors (Lipinski definition) is 2. The Morgan fingerprint density at radius 3 is 2.80 bits per heavy atom. The van der Waals surface area contributed by atoms with Gasteiger partial charge < -0.3 is 11.1 Å². The van der Waals surface area contributed by atoms with Gasteiger partial charge in [-0.3, -0.25) is 9.69 Å². The maximum absolute atomic E-state index is 11.6. The highest BCUT2D eigenvalue weighted by Crippen LogP contribution is 2.13. The van der Waals surface area contributed by atoms with Gasteiger partial charge >= 0.3 is 0 Å². The molecular weight excluding hydrogens is 274 g/mol. The highest BCUT2D eigenvalue weighted by Gasteiger charge is 2.22. The highest BCUT2D eigenvalue weighted by atomic mass is 35.5. The van der Waals surface area contributed by atoms with Crippen molar-refractivity contribution in [2.45, 2.75) is 38.4 Å². The normalized spacial score (nSPS) is 20.8. The van der Waals surface area contributed by atoms with Crippen LogP contribution in [0.25, 0.3) is 0 Å². The van der Waals surface area contributed by atoms with E-state index in [9.17, 15) is 4.79 Å². The summed E-state index contributed by atoms with van der Waals surface area (Å²) >= 11 is 0. The molecule has 0 aromatic heterocycles. The molecule has 2 rings (SSSR count). The van der Waals surface area contributed by atoms with Crippen LogP contribution in [0.1, 0.15) is 25.3 Å².